The maximum Gasteiger partial charge on any atom is 0.410 e. The number of nitrogens with zero attached hydrogens (tertiary/aromatic N) is 4. The number of carbonyl (C=O) groups is 2. The lowest BCUT2D eigenvalue weighted by Crippen LogP contribution is -2.37. The van der Waals surface area contributed by atoms with Crippen LogP contribution in [0.4, 0.5) is 9.59 Å². The Kier molecular flexibility index (Phi) is 7.46. The van der Waals surface area contributed by atoms with Gasteiger partial charge in [0.15, 0.2) is 0 Å². The van der Waals surface area contributed by atoms with Crippen molar-refractivity contribution in [3.8, 4) is 45.1 Å². The van der Waals surface area contributed by atoms with E-state index in [9.17, 15) is 9.59 Å². The second-order valence-corrected chi connectivity index (χ2v) is 19.5. The second kappa shape index (κ2) is 11.8. The molecule has 13 heteroatoms. The SMILES string of the molecule is CC(C)(C)OC(=O)N1CC2(CC2)C[C@H]1c1ncc(-c2cc3c4c(c2)OCc2cc(-c5nc([C@@H]6CC7(CC7)CN6C(=O)OC(C)(C)C)[nH]c5Br)cc(c2-4)OC3)[nH]1. The third-order valence-electron chi connectivity index (χ3n) is 12.1. The molecule has 0 radical (unpaired) electrons. The molecule has 2 saturated carbocycles. The maximum absolute atomic E-state index is 13.3. The lowest BCUT2D eigenvalue weighted by Gasteiger charge is -2.30. The standard InChI is InChI=1S/C42H47BrN6O6/c1-39(2,3)54-37(50)48-20-41(7-8-41)15-27(48)35-44-17-26(45-35)22-11-24-18-53-30-14-23(12-25-19-52-29(13-22)31(24)32(25)30)33-34(43)47-36(46-33)28-16-42(9-10-42)21-49(28)38(51)55-40(4,5)6/h11-14,17,27-28H,7-10,15-16,18-21H2,1-6H3,(H,44,45)(H,46,47)/t27-,28-/m0/s1. The zero-order valence-corrected chi connectivity index (χ0v) is 33.8. The van der Waals surface area contributed by atoms with Gasteiger partial charge in [0.1, 0.15) is 57.9 Å². The number of imidazole rings is 2. The van der Waals surface area contributed by atoms with Crippen molar-refractivity contribution in [1.82, 2.24) is 29.7 Å². The zero-order valence-electron chi connectivity index (χ0n) is 32.2. The highest BCUT2D eigenvalue weighted by Gasteiger charge is 2.56. The predicted molar refractivity (Wildman–Crippen MR) is 207 cm³/mol. The van der Waals surface area contributed by atoms with Crippen molar-refractivity contribution in [3.05, 3.63) is 57.8 Å². The number of hydrogen-bond acceptors (Lipinski definition) is 8. The van der Waals surface area contributed by atoms with Crippen LogP contribution in [0.2, 0.25) is 0 Å². The molecule has 12 nitrogen and oxygen atoms in total. The van der Waals surface area contributed by atoms with E-state index in [0.29, 0.717) is 26.3 Å². The molecule has 2 N–H and O–H groups in total. The molecule has 2 atom stereocenters. The average molecular weight is 812 g/mol. The third-order valence-corrected chi connectivity index (χ3v) is 12.6. The zero-order chi connectivity index (χ0) is 38.2. The fourth-order valence-corrected chi connectivity index (χ4v) is 9.57. The van der Waals surface area contributed by atoms with Crippen LogP contribution in [-0.4, -0.2) is 66.2 Å². The van der Waals surface area contributed by atoms with Crippen LogP contribution in [0.1, 0.15) is 115 Å². The normalized spacial score (nSPS) is 22.4. The largest absolute Gasteiger partial charge is 0.488 e. The molecule has 55 heavy (non-hydrogen) atoms. The van der Waals surface area contributed by atoms with Crippen LogP contribution in [0.3, 0.4) is 0 Å². The number of hydrogen-bond donors (Lipinski definition) is 2. The first-order valence-corrected chi connectivity index (χ1v) is 20.2. The van der Waals surface area contributed by atoms with Gasteiger partial charge in [0, 0.05) is 46.5 Å². The number of carbonyl (C=O) groups excluding carboxylic acids is 2. The third kappa shape index (κ3) is 6.17. The molecule has 4 aliphatic heterocycles. The molecular formula is C42H47BrN6O6. The molecule has 0 unspecified atom stereocenters. The van der Waals surface area contributed by atoms with Gasteiger partial charge in [0.05, 0.1) is 24.0 Å². The van der Waals surface area contributed by atoms with Crippen molar-refractivity contribution in [1.29, 1.82) is 0 Å². The van der Waals surface area contributed by atoms with E-state index < -0.39 is 11.2 Å². The van der Waals surface area contributed by atoms with E-state index in [4.69, 9.17) is 28.9 Å². The molecule has 2 amide bonds. The van der Waals surface area contributed by atoms with Gasteiger partial charge in [-0.3, -0.25) is 9.80 Å². The summed E-state index contributed by atoms with van der Waals surface area (Å²) < 4.78 is 25.3. The lowest BCUT2D eigenvalue weighted by molar-refractivity contribution is 0.0202. The molecule has 4 aromatic rings. The van der Waals surface area contributed by atoms with Crippen molar-refractivity contribution in [2.45, 2.75) is 117 Å². The van der Waals surface area contributed by atoms with Gasteiger partial charge in [-0.25, -0.2) is 19.6 Å². The number of nitrogens with one attached hydrogen (secondary N) is 2. The molecule has 2 aliphatic carbocycles. The minimum absolute atomic E-state index is 0.158. The summed E-state index contributed by atoms with van der Waals surface area (Å²) in [6.45, 7) is 13.6. The number of rotatable bonds is 4. The van der Waals surface area contributed by atoms with Gasteiger partial charge in [0.25, 0.3) is 0 Å². The maximum atomic E-state index is 13.3. The Hall–Kier alpha value is -4.52. The molecule has 2 aromatic carbocycles. The summed E-state index contributed by atoms with van der Waals surface area (Å²) in [4.78, 5) is 47.2. The molecule has 2 saturated heterocycles. The minimum atomic E-state index is -0.577. The number of likely N-dealkylation sites (tertiary alicyclic amines) is 2. The Balaban J connectivity index is 0.927. The van der Waals surface area contributed by atoms with Crippen LogP contribution >= 0.6 is 15.9 Å². The van der Waals surface area contributed by atoms with Crippen molar-refractivity contribution in [2.24, 2.45) is 10.8 Å². The van der Waals surface area contributed by atoms with E-state index in [1.54, 1.807) is 0 Å². The minimum Gasteiger partial charge on any atom is -0.488 e. The molecule has 4 fully saturated rings. The Labute approximate surface area is 328 Å². The summed E-state index contributed by atoms with van der Waals surface area (Å²) in [6, 6.07) is 8.07. The molecule has 0 bridgehead atoms. The molecule has 10 rings (SSSR count). The number of amides is 2. The average Bonchev–Trinajstić information content (AvgIpc) is 3.74. The van der Waals surface area contributed by atoms with Crippen LogP contribution in [0.5, 0.6) is 11.5 Å². The van der Waals surface area contributed by atoms with E-state index in [-0.39, 0.29) is 35.1 Å². The van der Waals surface area contributed by atoms with Gasteiger partial charge in [-0.1, -0.05) is 0 Å². The summed E-state index contributed by atoms with van der Waals surface area (Å²) in [6.07, 6.45) is 7.51. The summed E-state index contributed by atoms with van der Waals surface area (Å²) in [5.74, 6) is 3.13. The Bertz CT molecular complexity index is 2220. The van der Waals surface area contributed by atoms with Crippen LogP contribution < -0.4 is 9.47 Å². The quantitative estimate of drug-likeness (QED) is 0.208. The van der Waals surface area contributed by atoms with Crippen molar-refractivity contribution in [3.63, 3.8) is 0 Å². The van der Waals surface area contributed by atoms with Gasteiger partial charge < -0.3 is 28.9 Å². The number of H-pyrrole nitrogens is 2. The fourth-order valence-electron chi connectivity index (χ4n) is 9.05. The van der Waals surface area contributed by atoms with Gasteiger partial charge in [-0.05, 0) is 131 Å². The van der Waals surface area contributed by atoms with E-state index in [0.717, 1.165) is 111 Å². The van der Waals surface area contributed by atoms with Gasteiger partial charge in [-0.2, -0.15) is 0 Å². The smallest absolute Gasteiger partial charge is 0.410 e. The first kappa shape index (κ1) is 34.9. The van der Waals surface area contributed by atoms with Gasteiger partial charge in [-0.15, -0.1) is 0 Å². The Morgan fingerprint density at radius 3 is 1.80 bits per heavy atom. The van der Waals surface area contributed by atoms with E-state index in [2.05, 4.69) is 50.2 Å². The highest BCUT2D eigenvalue weighted by molar-refractivity contribution is 9.10. The Morgan fingerprint density at radius 2 is 1.27 bits per heavy atom. The highest BCUT2D eigenvalue weighted by Crippen LogP contribution is 2.60. The number of ether oxygens (including phenoxy) is 4. The second-order valence-electron chi connectivity index (χ2n) is 18.7. The fraction of sp³-hybridized carbons (Fsp3) is 0.524. The van der Waals surface area contributed by atoms with E-state index in [1.807, 2.05) is 57.5 Å². The van der Waals surface area contributed by atoms with Crippen LogP contribution in [-0.2, 0) is 22.7 Å². The molecule has 2 spiro atoms. The van der Waals surface area contributed by atoms with Crippen LogP contribution in [0, 0.1) is 10.8 Å². The number of halogens is 1. The highest BCUT2D eigenvalue weighted by atomic mass is 79.9. The molecular weight excluding hydrogens is 764 g/mol. The summed E-state index contributed by atoms with van der Waals surface area (Å²) in [7, 11) is 0. The van der Waals surface area contributed by atoms with Crippen molar-refractivity contribution in [2.75, 3.05) is 13.1 Å². The summed E-state index contributed by atoms with van der Waals surface area (Å²) >= 11 is 3.76. The van der Waals surface area contributed by atoms with Crippen molar-refractivity contribution >= 4 is 28.1 Å². The van der Waals surface area contributed by atoms with Gasteiger partial charge >= 0.3 is 12.2 Å². The van der Waals surface area contributed by atoms with Crippen LogP contribution in [0.25, 0.3) is 33.6 Å². The van der Waals surface area contributed by atoms with Crippen LogP contribution in [0.15, 0.2) is 35.1 Å². The first-order chi connectivity index (χ1) is 26.0. The number of aromatic amines is 2. The topological polar surface area (TPSA) is 135 Å². The lowest BCUT2D eigenvalue weighted by atomic mass is 9.87. The van der Waals surface area contributed by atoms with E-state index >= 15 is 0 Å². The number of aromatic nitrogens is 4. The van der Waals surface area contributed by atoms with E-state index in [1.165, 1.54) is 0 Å². The predicted octanol–water partition coefficient (Wildman–Crippen LogP) is 9.61. The molecule has 6 aliphatic rings. The molecule has 2 aromatic heterocycles. The first-order valence-electron chi connectivity index (χ1n) is 19.5. The molecule has 6 heterocycles. The molecule has 288 valence electrons. The Morgan fingerprint density at radius 1 is 0.764 bits per heavy atom. The van der Waals surface area contributed by atoms with Crippen molar-refractivity contribution < 1.29 is 28.5 Å². The monoisotopic (exact) mass is 810 g/mol. The summed E-state index contributed by atoms with van der Waals surface area (Å²) in [5.41, 5.74) is 6.85. The summed E-state index contributed by atoms with van der Waals surface area (Å²) in [5, 5.41) is 0. The van der Waals surface area contributed by atoms with Gasteiger partial charge in [0.2, 0.25) is 0 Å². The number of benzene rings is 2.